The van der Waals surface area contributed by atoms with Gasteiger partial charge in [-0.05, 0) is 41.8 Å². The molecule has 0 aliphatic carbocycles. The minimum absolute atomic E-state index is 0.0177. The maximum atomic E-state index is 13.8. The third-order valence-corrected chi connectivity index (χ3v) is 3.78. The van der Waals surface area contributed by atoms with E-state index in [4.69, 9.17) is 4.74 Å². The average Bonchev–Trinajstić information content (AvgIpc) is 2.94. The molecule has 3 rings (SSSR count). The van der Waals surface area contributed by atoms with Gasteiger partial charge in [-0.2, -0.15) is 0 Å². The van der Waals surface area contributed by atoms with Crippen molar-refractivity contribution in [2.24, 2.45) is 0 Å². The topological polar surface area (TPSA) is 21.3 Å². The molecule has 1 aliphatic heterocycles. The van der Waals surface area contributed by atoms with Crippen molar-refractivity contribution in [1.29, 1.82) is 0 Å². The van der Waals surface area contributed by atoms with Crippen molar-refractivity contribution in [3.63, 3.8) is 0 Å². The molecular weight excluding hydrogens is 272 g/mol. The SMILES string of the molecule is CCC(Nc1ccc(F)cc1F)c1ccc2c(c1)CCO2. The quantitative estimate of drug-likeness (QED) is 0.897. The molecule has 0 radical (unpaired) electrons. The molecule has 1 aliphatic rings. The van der Waals surface area contributed by atoms with Gasteiger partial charge >= 0.3 is 0 Å². The van der Waals surface area contributed by atoms with E-state index in [1.54, 1.807) is 0 Å². The van der Waals surface area contributed by atoms with Crippen LogP contribution >= 0.6 is 0 Å². The molecule has 0 spiro atoms. The van der Waals surface area contributed by atoms with Crippen LogP contribution in [-0.2, 0) is 6.42 Å². The lowest BCUT2D eigenvalue weighted by atomic mass is 10.0. The van der Waals surface area contributed by atoms with Crippen LogP contribution in [0.2, 0.25) is 0 Å². The highest BCUT2D eigenvalue weighted by atomic mass is 19.1. The fourth-order valence-electron chi connectivity index (χ4n) is 2.64. The Morgan fingerprint density at radius 1 is 1.19 bits per heavy atom. The molecule has 0 bridgehead atoms. The van der Waals surface area contributed by atoms with Gasteiger partial charge in [-0.3, -0.25) is 0 Å². The number of hydrogen-bond acceptors (Lipinski definition) is 2. The number of nitrogens with one attached hydrogen (secondary N) is 1. The predicted molar refractivity (Wildman–Crippen MR) is 78.7 cm³/mol. The summed E-state index contributed by atoms with van der Waals surface area (Å²) in [5.74, 6) is -0.208. The number of ether oxygens (including phenoxy) is 1. The molecule has 110 valence electrons. The first-order chi connectivity index (χ1) is 10.2. The summed E-state index contributed by atoms with van der Waals surface area (Å²) in [6, 6.07) is 9.63. The Bertz CT molecular complexity index is 657. The zero-order chi connectivity index (χ0) is 14.8. The number of rotatable bonds is 4. The molecule has 1 atom stereocenters. The molecule has 1 unspecified atom stereocenters. The second-order valence-corrected chi connectivity index (χ2v) is 5.19. The Labute approximate surface area is 122 Å². The maximum Gasteiger partial charge on any atom is 0.149 e. The fraction of sp³-hybridized carbons (Fsp3) is 0.294. The highest BCUT2D eigenvalue weighted by Crippen LogP contribution is 2.31. The van der Waals surface area contributed by atoms with Gasteiger partial charge in [0.1, 0.15) is 17.4 Å². The number of hydrogen-bond donors (Lipinski definition) is 1. The number of halogens is 2. The summed E-state index contributed by atoms with van der Waals surface area (Å²) in [4.78, 5) is 0. The summed E-state index contributed by atoms with van der Waals surface area (Å²) in [7, 11) is 0. The van der Waals surface area contributed by atoms with Gasteiger partial charge in [-0.25, -0.2) is 8.78 Å². The summed E-state index contributed by atoms with van der Waals surface area (Å²) >= 11 is 0. The van der Waals surface area contributed by atoms with Crippen molar-refractivity contribution < 1.29 is 13.5 Å². The van der Waals surface area contributed by atoms with Crippen LogP contribution < -0.4 is 10.1 Å². The number of benzene rings is 2. The van der Waals surface area contributed by atoms with Crippen molar-refractivity contribution in [3.05, 3.63) is 59.2 Å². The van der Waals surface area contributed by atoms with Crippen molar-refractivity contribution >= 4 is 5.69 Å². The Hall–Kier alpha value is -2.10. The number of anilines is 1. The Kier molecular flexibility index (Phi) is 3.78. The van der Waals surface area contributed by atoms with Gasteiger partial charge in [0.25, 0.3) is 0 Å². The molecule has 0 aromatic heterocycles. The molecule has 2 aromatic rings. The molecule has 2 nitrogen and oxygen atoms in total. The first-order valence-corrected chi connectivity index (χ1v) is 7.14. The standard InChI is InChI=1S/C17H17F2NO/c1-2-15(20-16-5-4-13(18)10-14(16)19)11-3-6-17-12(9-11)7-8-21-17/h3-6,9-10,15,20H,2,7-8H2,1H3. The van der Waals surface area contributed by atoms with Crippen LogP contribution in [0.1, 0.15) is 30.5 Å². The van der Waals surface area contributed by atoms with E-state index >= 15 is 0 Å². The fourth-order valence-corrected chi connectivity index (χ4v) is 2.64. The Balaban J connectivity index is 1.85. The van der Waals surface area contributed by atoms with Gasteiger partial charge in [0.05, 0.1) is 18.3 Å². The van der Waals surface area contributed by atoms with Gasteiger partial charge in [0, 0.05) is 12.5 Å². The highest BCUT2D eigenvalue weighted by Gasteiger charge is 2.17. The average molecular weight is 289 g/mol. The van der Waals surface area contributed by atoms with E-state index < -0.39 is 11.6 Å². The summed E-state index contributed by atoms with van der Waals surface area (Å²) < 4.78 is 32.2. The lowest BCUT2D eigenvalue weighted by Crippen LogP contribution is -2.11. The molecule has 0 saturated heterocycles. The van der Waals surface area contributed by atoms with Crippen molar-refractivity contribution in [3.8, 4) is 5.75 Å². The van der Waals surface area contributed by atoms with Crippen molar-refractivity contribution in [2.45, 2.75) is 25.8 Å². The van der Waals surface area contributed by atoms with E-state index in [1.807, 2.05) is 19.1 Å². The second-order valence-electron chi connectivity index (χ2n) is 5.19. The molecule has 2 aromatic carbocycles. The number of fused-ring (bicyclic) bond motifs is 1. The summed E-state index contributed by atoms with van der Waals surface area (Å²) in [6.45, 7) is 2.75. The van der Waals surface area contributed by atoms with E-state index in [2.05, 4.69) is 11.4 Å². The highest BCUT2D eigenvalue weighted by molar-refractivity contribution is 5.48. The first kappa shape index (κ1) is 13.9. The summed E-state index contributed by atoms with van der Waals surface area (Å²) in [6.07, 6.45) is 1.71. The van der Waals surface area contributed by atoms with Crippen LogP contribution in [0.3, 0.4) is 0 Å². The lowest BCUT2D eigenvalue weighted by Gasteiger charge is -2.20. The van der Waals surface area contributed by atoms with E-state index in [1.165, 1.54) is 17.7 Å². The van der Waals surface area contributed by atoms with E-state index in [0.717, 1.165) is 36.8 Å². The predicted octanol–water partition coefficient (Wildman–Crippen LogP) is 4.46. The molecule has 1 N–H and O–H groups in total. The van der Waals surface area contributed by atoms with E-state index in [0.29, 0.717) is 5.69 Å². The van der Waals surface area contributed by atoms with Crippen LogP contribution in [0.5, 0.6) is 5.75 Å². The van der Waals surface area contributed by atoms with Crippen LogP contribution in [0.25, 0.3) is 0 Å². The van der Waals surface area contributed by atoms with Gasteiger partial charge < -0.3 is 10.1 Å². The van der Waals surface area contributed by atoms with Crippen molar-refractivity contribution in [2.75, 3.05) is 11.9 Å². The zero-order valence-corrected chi connectivity index (χ0v) is 11.8. The minimum Gasteiger partial charge on any atom is -0.493 e. The largest absolute Gasteiger partial charge is 0.493 e. The molecule has 4 heteroatoms. The zero-order valence-electron chi connectivity index (χ0n) is 11.8. The minimum atomic E-state index is -0.571. The maximum absolute atomic E-state index is 13.8. The van der Waals surface area contributed by atoms with E-state index in [-0.39, 0.29) is 6.04 Å². The Morgan fingerprint density at radius 2 is 2.05 bits per heavy atom. The van der Waals surface area contributed by atoms with Gasteiger partial charge in [-0.15, -0.1) is 0 Å². The van der Waals surface area contributed by atoms with Gasteiger partial charge in [-0.1, -0.05) is 13.0 Å². The van der Waals surface area contributed by atoms with E-state index in [9.17, 15) is 8.78 Å². The molecular formula is C17H17F2NO. The first-order valence-electron chi connectivity index (χ1n) is 7.14. The second kappa shape index (κ2) is 5.72. The molecule has 0 saturated carbocycles. The monoisotopic (exact) mass is 289 g/mol. The molecule has 1 heterocycles. The van der Waals surface area contributed by atoms with Gasteiger partial charge in [0.15, 0.2) is 0 Å². The van der Waals surface area contributed by atoms with Crippen LogP contribution in [0.15, 0.2) is 36.4 Å². The van der Waals surface area contributed by atoms with Crippen LogP contribution in [-0.4, -0.2) is 6.61 Å². The molecule has 0 fully saturated rings. The van der Waals surface area contributed by atoms with Crippen LogP contribution in [0, 0.1) is 11.6 Å². The van der Waals surface area contributed by atoms with Gasteiger partial charge in [0.2, 0.25) is 0 Å². The third kappa shape index (κ3) is 2.84. The summed E-state index contributed by atoms with van der Waals surface area (Å²) in [5, 5.41) is 3.15. The normalized spacial score (nSPS) is 14.4. The lowest BCUT2D eigenvalue weighted by molar-refractivity contribution is 0.357. The molecule has 21 heavy (non-hydrogen) atoms. The van der Waals surface area contributed by atoms with Crippen molar-refractivity contribution in [1.82, 2.24) is 0 Å². The summed E-state index contributed by atoms with van der Waals surface area (Å²) in [5.41, 5.74) is 2.60. The molecule has 0 amide bonds. The van der Waals surface area contributed by atoms with Crippen LogP contribution in [0.4, 0.5) is 14.5 Å². The Morgan fingerprint density at radius 3 is 2.81 bits per heavy atom. The smallest absolute Gasteiger partial charge is 0.149 e. The third-order valence-electron chi connectivity index (χ3n) is 3.78.